The number of thioether (sulfide) groups is 1. The number of esters is 1. The summed E-state index contributed by atoms with van der Waals surface area (Å²) in [6.45, 7) is 2.29. The molecular formula is C11H17NO2S. The molecule has 1 atom stereocenters. The van der Waals surface area contributed by atoms with E-state index in [-0.39, 0.29) is 16.8 Å². The first kappa shape index (κ1) is 11.0. The Morgan fingerprint density at radius 2 is 2.27 bits per heavy atom. The Balaban J connectivity index is 2.08. The Bertz CT molecular complexity index is 272. The highest BCUT2D eigenvalue weighted by molar-refractivity contribution is 8.13. The number of rotatable bonds is 2. The summed E-state index contributed by atoms with van der Waals surface area (Å²) in [7, 11) is 0. The van der Waals surface area contributed by atoms with Gasteiger partial charge in [0.15, 0.2) is 6.04 Å². The zero-order valence-corrected chi connectivity index (χ0v) is 9.89. The predicted octanol–water partition coefficient (Wildman–Crippen LogP) is 2.40. The SMILES string of the molecule is CCOC(=O)C1N=CSC12CCCCC2. The third-order valence-corrected chi connectivity index (χ3v) is 4.53. The second-order valence-corrected chi connectivity index (χ2v) is 5.41. The summed E-state index contributed by atoms with van der Waals surface area (Å²) in [6, 6.07) is -0.247. The van der Waals surface area contributed by atoms with Crippen LogP contribution in [0.25, 0.3) is 0 Å². The molecule has 1 heterocycles. The molecule has 2 aliphatic rings. The fourth-order valence-corrected chi connectivity index (χ4v) is 3.64. The molecular weight excluding hydrogens is 210 g/mol. The van der Waals surface area contributed by atoms with Gasteiger partial charge in [-0.3, -0.25) is 4.99 Å². The van der Waals surface area contributed by atoms with Crippen molar-refractivity contribution in [3.05, 3.63) is 0 Å². The molecule has 1 spiro atoms. The van der Waals surface area contributed by atoms with Crippen LogP contribution in [0, 0.1) is 0 Å². The van der Waals surface area contributed by atoms with Crippen molar-refractivity contribution in [3.63, 3.8) is 0 Å². The van der Waals surface area contributed by atoms with Gasteiger partial charge in [0.1, 0.15) is 0 Å². The van der Waals surface area contributed by atoms with Crippen LogP contribution in [0.3, 0.4) is 0 Å². The van der Waals surface area contributed by atoms with E-state index in [1.807, 2.05) is 12.5 Å². The zero-order chi connectivity index (χ0) is 10.7. The molecule has 0 aromatic heterocycles. The van der Waals surface area contributed by atoms with E-state index >= 15 is 0 Å². The van der Waals surface area contributed by atoms with Gasteiger partial charge in [-0.15, -0.1) is 11.8 Å². The van der Waals surface area contributed by atoms with Gasteiger partial charge in [-0.05, 0) is 19.8 Å². The second-order valence-electron chi connectivity index (χ2n) is 4.15. The minimum atomic E-state index is -0.247. The maximum absolute atomic E-state index is 11.8. The van der Waals surface area contributed by atoms with Crippen LogP contribution in [0.1, 0.15) is 39.0 Å². The fourth-order valence-electron chi connectivity index (χ4n) is 2.43. The van der Waals surface area contributed by atoms with Crippen LogP contribution in [0.4, 0.5) is 0 Å². The van der Waals surface area contributed by atoms with E-state index in [1.54, 1.807) is 11.8 Å². The highest BCUT2D eigenvalue weighted by atomic mass is 32.2. The number of hydrogen-bond acceptors (Lipinski definition) is 4. The maximum Gasteiger partial charge on any atom is 0.332 e. The Labute approximate surface area is 94.7 Å². The molecule has 0 aromatic rings. The standard InChI is InChI=1S/C11H17NO2S/c1-2-14-10(13)9-11(15-8-12-9)6-4-3-5-7-11/h8-9H,2-7H2,1H3. The fraction of sp³-hybridized carbons (Fsp3) is 0.818. The highest BCUT2D eigenvalue weighted by Crippen LogP contribution is 2.46. The van der Waals surface area contributed by atoms with Gasteiger partial charge in [-0.25, -0.2) is 4.79 Å². The van der Waals surface area contributed by atoms with Crippen molar-refractivity contribution in [2.24, 2.45) is 4.99 Å². The van der Waals surface area contributed by atoms with Crippen LogP contribution in [0.5, 0.6) is 0 Å². The Hall–Kier alpha value is -0.510. The van der Waals surface area contributed by atoms with Gasteiger partial charge in [-0.2, -0.15) is 0 Å². The number of hydrogen-bond donors (Lipinski definition) is 0. The molecule has 1 unspecified atom stereocenters. The van der Waals surface area contributed by atoms with Gasteiger partial charge in [0.25, 0.3) is 0 Å². The van der Waals surface area contributed by atoms with E-state index in [2.05, 4.69) is 4.99 Å². The molecule has 0 bridgehead atoms. The highest BCUT2D eigenvalue weighted by Gasteiger charge is 2.47. The summed E-state index contributed by atoms with van der Waals surface area (Å²) in [4.78, 5) is 16.1. The van der Waals surface area contributed by atoms with Gasteiger partial charge in [0.2, 0.25) is 0 Å². The number of nitrogens with zero attached hydrogens (tertiary/aromatic N) is 1. The van der Waals surface area contributed by atoms with Gasteiger partial charge in [0.05, 0.1) is 16.9 Å². The van der Waals surface area contributed by atoms with Crippen molar-refractivity contribution < 1.29 is 9.53 Å². The Morgan fingerprint density at radius 1 is 1.53 bits per heavy atom. The molecule has 4 heteroatoms. The third-order valence-electron chi connectivity index (χ3n) is 3.21. The van der Waals surface area contributed by atoms with Crippen molar-refractivity contribution in [1.29, 1.82) is 0 Å². The second kappa shape index (κ2) is 4.56. The molecule has 3 nitrogen and oxygen atoms in total. The quantitative estimate of drug-likeness (QED) is 0.680. The molecule has 0 aromatic carbocycles. The molecule has 2 rings (SSSR count). The summed E-state index contributed by atoms with van der Waals surface area (Å²) >= 11 is 1.74. The largest absolute Gasteiger partial charge is 0.464 e. The van der Waals surface area contributed by atoms with E-state index in [4.69, 9.17) is 4.74 Å². The summed E-state index contributed by atoms with van der Waals surface area (Å²) in [5.74, 6) is -0.138. The van der Waals surface area contributed by atoms with Crippen LogP contribution in [0.15, 0.2) is 4.99 Å². The van der Waals surface area contributed by atoms with Crippen molar-refractivity contribution in [1.82, 2.24) is 0 Å². The number of aliphatic imine (C=N–C) groups is 1. The van der Waals surface area contributed by atoms with Crippen molar-refractivity contribution >= 4 is 23.3 Å². The minimum Gasteiger partial charge on any atom is -0.464 e. The molecule has 0 N–H and O–H groups in total. The van der Waals surface area contributed by atoms with E-state index in [0.29, 0.717) is 6.61 Å². The summed E-state index contributed by atoms with van der Waals surface area (Å²) in [5, 5.41) is 0. The maximum atomic E-state index is 11.8. The Kier molecular flexibility index (Phi) is 3.34. The topological polar surface area (TPSA) is 38.7 Å². The van der Waals surface area contributed by atoms with E-state index < -0.39 is 0 Å². The summed E-state index contributed by atoms with van der Waals surface area (Å²) in [5.41, 5.74) is 1.84. The molecule has 1 aliphatic carbocycles. The monoisotopic (exact) mass is 227 g/mol. The molecule has 0 amide bonds. The predicted molar refractivity (Wildman–Crippen MR) is 62.3 cm³/mol. The molecule has 0 saturated heterocycles. The van der Waals surface area contributed by atoms with Gasteiger partial charge >= 0.3 is 5.97 Å². The van der Waals surface area contributed by atoms with Crippen molar-refractivity contribution in [3.8, 4) is 0 Å². The minimum absolute atomic E-state index is 0.0322. The lowest BCUT2D eigenvalue weighted by molar-refractivity contribution is -0.145. The molecule has 1 saturated carbocycles. The van der Waals surface area contributed by atoms with E-state index in [1.165, 1.54) is 19.3 Å². The van der Waals surface area contributed by atoms with Crippen LogP contribution in [-0.4, -0.2) is 28.9 Å². The van der Waals surface area contributed by atoms with Crippen LogP contribution in [0.2, 0.25) is 0 Å². The lowest BCUT2D eigenvalue weighted by Gasteiger charge is -2.35. The lowest BCUT2D eigenvalue weighted by atomic mass is 9.83. The summed E-state index contributed by atoms with van der Waals surface area (Å²) in [6.07, 6.45) is 5.92. The summed E-state index contributed by atoms with van der Waals surface area (Å²) < 4.78 is 5.12. The van der Waals surface area contributed by atoms with Crippen LogP contribution >= 0.6 is 11.8 Å². The average molecular weight is 227 g/mol. The lowest BCUT2D eigenvalue weighted by Crippen LogP contribution is -2.43. The van der Waals surface area contributed by atoms with E-state index in [9.17, 15) is 4.79 Å². The first-order valence-corrected chi connectivity index (χ1v) is 6.52. The van der Waals surface area contributed by atoms with Crippen molar-refractivity contribution in [2.75, 3.05) is 6.61 Å². The third kappa shape index (κ3) is 2.05. The smallest absolute Gasteiger partial charge is 0.332 e. The zero-order valence-electron chi connectivity index (χ0n) is 9.07. The van der Waals surface area contributed by atoms with Crippen LogP contribution in [-0.2, 0) is 9.53 Å². The van der Waals surface area contributed by atoms with Gasteiger partial charge < -0.3 is 4.74 Å². The first-order valence-electron chi connectivity index (χ1n) is 5.64. The molecule has 1 aliphatic heterocycles. The van der Waals surface area contributed by atoms with Gasteiger partial charge in [0, 0.05) is 0 Å². The first-order chi connectivity index (χ1) is 7.28. The Morgan fingerprint density at radius 3 is 2.93 bits per heavy atom. The number of carbonyl (C=O) groups is 1. The van der Waals surface area contributed by atoms with E-state index in [0.717, 1.165) is 12.8 Å². The van der Waals surface area contributed by atoms with Crippen LogP contribution < -0.4 is 0 Å². The van der Waals surface area contributed by atoms with Crippen molar-refractivity contribution in [2.45, 2.75) is 49.8 Å². The molecule has 15 heavy (non-hydrogen) atoms. The average Bonchev–Trinajstić information content (AvgIpc) is 2.63. The van der Waals surface area contributed by atoms with Gasteiger partial charge in [-0.1, -0.05) is 19.3 Å². The normalized spacial score (nSPS) is 28.2. The molecule has 1 fully saturated rings. The molecule has 0 radical (unpaired) electrons. The number of carbonyl (C=O) groups excluding carboxylic acids is 1. The number of ether oxygens (including phenoxy) is 1. The molecule has 84 valence electrons.